The molecule has 1 fully saturated rings. The van der Waals surface area contributed by atoms with Crippen LogP contribution < -0.4 is 5.32 Å². The van der Waals surface area contributed by atoms with Crippen LogP contribution in [0.25, 0.3) is 0 Å². The Hall–Kier alpha value is -1.77. The highest BCUT2D eigenvalue weighted by molar-refractivity contribution is 7.99. The van der Waals surface area contributed by atoms with Gasteiger partial charge in [-0.3, -0.25) is 4.90 Å². The van der Waals surface area contributed by atoms with Gasteiger partial charge in [0.15, 0.2) is 0 Å². The molecular formula is C18H27N3O4S. The molecule has 1 aliphatic rings. The van der Waals surface area contributed by atoms with Crippen LogP contribution in [0, 0.1) is 0 Å². The number of amides is 1. The molecule has 2 N–H and O–H groups in total. The van der Waals surface area contributed by atoms with Gasteiger partial charge in [0.05, 0.1) is 0 Å². The number of carboxylic acids is 1. The van der Waals surface area contributed by atoms with E-state index < -0.39 is 18.1 Å². The summed E-state index contributed by atoms with van der Waals surface area (Å²) in [5, 5.41) is 11.7. The second-order valence-corrected chi connectivity index (χ2v) is 7.47. The number of piperazine rings is 1. The maximum Gasteiger partial charge on any atom is 0.408 e. The summed E-state index contributed by atoms with van der Waals surface area (Å²) in [5.74, 6) is 0.117. The highest BCUT2D eigenvalue weighted by Gasteiger charge is 2.21. The van der Waals surface area contributed by atoms with Crippen molar-refractivity contribution in [2.75, 3.05) is 51.3 Å². The van der Waals surface area contributed by atoms with Gasteiger partial charge in [0.1, 0.15) is 12.6 Å². The van der Waals surface area contributed by atoms with E-state index in [9.17, 15) is 14.7 Å². The van der Waals surface area contributed by atoms with E-state index in [1.165, 1.54) is 11.8 Å². The fourth-order valence-corrected chi connectivity index (χ4v) is 3.56. The first kappa shape index (κ1) is 20.5. The molecule has 1 heterocycles. The van der Waals surface area contributed by atoms with E-state index in [0.717, 1.165) is 44.0 Å². The van der Waals surface area contributed by atoms with E-state index >= 15 is 0 Å². The highest BCUT2D eigenvalue weighted by atomic mass is 32.2. The van der Waals surface area contributed by atoms with Crippen molar-refractivity contribution in [3.63, 3.8) is 0 Å². The average Bonchev–Trinajstić information content (AvgIpc) is 2.64. The minimum absolute atomic E-state index is 0.121. The van der Waals surface area contributed by atoms with Crippen LogP contribution >= 0.6 is 11.8 Å². The third-order valence-corrected chi connectivity index (χ3v) is 5.28. The number of rotatable bonds is 9. The smallest absolute Gasteiger partial charge is 0.408 e. The molecule has 1 amide bonds. The number of benzene rings is 1. The molecule has 0 spiro atoms. The number of carboxylic acid groups (broad SMARTS) is 1. The van der Waals surface area contributed by atoms with Gasteiger partial charge in [-0.25, -0.2) is 9.59 Å². The molecule has 144 valence electrons. The fourth-order valence-electron chi connectivity index (χ4n) is 2.55. The summed E-state index contributed by atoms with van der Waals surface area (Å²) in [7, 11) is 2.12. The summed E-state index contributed by atoms with van der Waals surface area (Å²) >= 11 is 1.53. The maximum absolute atomic E-state index is 11.8. The predicted molar refractivity (Wildman–Crippen MR) is 102 cm³/mol. The summed E-state index contributed by atoms with van der Waals surface area (Å²) in [6.07, 6.45) is -0.707. The maximum atomic E-state index is 11.8. The third kappa shape index (κ3) is 7.63. The van der Waals surface area contributed by atoms with Crippen LogP contribution in [-0.4, -0.2) is 84.3 Å². The monoisotopic (exact) mass is 381 g/mol. The van der Waals surface area contributed by atoms with Crippen LogP contribution in [0.4, 0.5) is 4.79 Å². The average molecular weight is 381 g/mol. The van der Waals surface area contributed by atoms with E-state index in [2.05, 4.69) is 22.2 Å². The highest BCUT2D eigenvalue weighted by Crippen LogP contribution is 2.07. The van der Waals surface area contributed by atoms with Crippen LogP contribution in [0.15, 0.2) is 30.3 Å². The van der Waals surface area contributed by atoms with E-state index in [-0.39, 0.29) is 6.61 Å². The van der Waals surface area contributed by atoms with Crippen molar-refractivity contribution in [2.45, 2.75) is 12.6 Å². The van der Waals surface area contributed by atoms with Crippen LogP contribution in [0.1, 0.15) is 5.56 Å². The lowest BCUT2D eigenvalue weighted by Gasteiger charge is -2.32. The molecule has 1 aromatic rings. The summed E-state index contributed by atoms with van der Waals surface area (Å²) in [5.41, 5.74) is 0.857. The normalized spacial score (nSPS) is 16.8. The van der Waals surface area contributed by atoms with E-state index in [1.807, 2.05) is 30.3 Å². The number of carbonyl (C=O) groups is 2. The molecule has 0 saturated carbocycles. The molecule has 8 heteroatoms. The Balaban J connectivity index is 1.64. The largest absolute Gasteiger partial charge is 0.480 e. The second kappa shape index (κ2) is 11.1. The Morgan fingerprint density at radius 1 is 1.23 bits per heavy atom. The zero-order chi connectivity index (χ0) is 18.8. The molecule has 1 aromatic carbocycles. The summed E-state index contributed by atoms with van der Waals surface area (Å²) in [4.78, 5) is 27.8. The van der Waals surface area contributed by atoms with Gasteiger partial charge in [-0.1, -0.05) is 30.3 Å². The number of likely N-dealkylation sites (N-methyl/N-ethyl adjacent to an activating group) is 1. The molecule has 1 atom stereocenters. The van der Waals surface area contributed by atoms with Gasteiger partial charge in [0.25, 0.3) is 0 Å². The van der Waals surface area contributed by atoms with E-state index in [1.54, 1.807) is 0 Å². The van der Waals surface area contributed by atoms with Gasteiger partial charge >= 0.3 is 12.1 Å². The van der Waals surface area contributed by atoms with Crippen molar-refractivity contribution < 1.29 is 19.4 Å². The summed E-state index contributed by atoms with van der Waals surface area (Å²) in [6, 6.07) is 8.33. The lowest BCUT2D eigenvalue weighted by atomic mass is 10.2. The molecule has 1 saturated heterocycles. The topological polar surface area (TPSA) is 82.1 Å². The summed E-state index contributed by atoms with van der Waals surface area (Å²) in [6.45, 7) is 5.28. The second-order valence-electron chi connectivity index (χ2n) is 6.32. The van der Waals surface area contributed by atoms with Gasteiger partial charge in [-0.2, -0.15) is 11.8 Å². The first-order valence-electron chi connectivity index (χ1n) is 8.73. The van der Waals surface area contributed by atoms with Crippen LogP contribution in [0.2, 0.25) is 0 Å². The molecule has 2 rings (SSSR count). The lowest BCUT2D eigenvalue weighted by molar-refractivity contribution is -0.138. The Bertz CT molecular complexity index is 565. The SMILES string of the molecule is CN1CCN(CCSCC(NC(=O)OCc2ccccc2)C(=O)O)CC1. The quantitative estimate of drug-likeness (QED) is 0.625. The fraction of sp³-hybridized carbons (Fsp3) is 0.556. The Kier molecular flexibility index (Phi) is 8.73. The minimum atomic E-state index is -1.05. The van der Waals surface area contributed by atoms with E-state index in [4.69, 9.17) is 4.74 Å². The molecular weight excluding hydrogens is 354 g/mol. The number of aliphatic carboxylic acids is 1. The minimum Gasteiger partial charge on any atom is -0.480 e. The van der Waals surface area contributed by atoms with Crippen LogP contribution in [-0.2, 0) is 16.1 Å². The predicted octanol–water partition coefficient (Wildman–Crippen LogP) is 1.35. The molecule has 1 aliphatic heterocycles. The van der Waals surface area contributed by atoms with Gasteiger partial charge in [-0.15, -0.1) is 0 Å². The van der Waals surface area contributed by atoms with Crippen molar-refractivity contribution in [3.05, 3.63) is 35.9 Å². The number of nitrogens with one attached hydrogen (secondary N) is 1. The van der Waals surface area contributed by atoms with Crippen molar-refractivity contribution in [1.82, 2.24) is 15.1 Å². The number of carbonyl (C=O) groups excluding carboxylic acids is 1. The number of thioether (sulfide) groups is 1. The number of alkyl carbamates (subject to hydrolysis) is 1. The van der Waals surface area contributed by atoms with E-state index in [0.29, 0.717) is 5.75 Å². The van der Waals surface area contributed by atoms with Gasteiger partial charge < -0.3 is 20.1 Å². The molecule has 0 aromatic heterocycles. The number of ether oxygens (including phenoxy) is 1. The van der Waals surface area contributed by atoms with Gasteiger partial charge in [0, 0.05) is 44.2 Å². The van der Waals surface area contributed by atoms with Crippen molar-refractivity contribution in [1.29, 1.82) is 0 Å². The summed E-state index contributed by atoms with van der Waals surface area (Å²) < 4.78 is 5.08. The molecule has 0 aliphatic carbocycles. The van der Waals surface area contributed by atoms with Gasteiger partial charge in [0.2, 0.25) is 0 Å². The Morgan fingerprint density at radius 3 is 2.58 bits per heavy atom. The van der Waals surface area contributed by atoms with Gasteiger partial charge in [-0.05, 0) is 12.6 Å². The zero-order valence-corrected chi connectivity index (χ0v) is 15.9. The molecule has 1 unspecified atom stereocenters. The molecule has 26 heavy (non-hydrogen) atoms. The Labute approximate surface area is 158 Å². The molecule has 0 bridgehead atoms. The first-order valence-corrected chi connectivity index (χ1v) is 9.88. The lowest BCUT2D eigenvalue weighted by Crippen LogP contribution is -2.45. The number of nitrogens with zero attached hydrogens (tertiary/aromatic N) is 2. The standard InChI is InChI=1S/C18H27N3O4S/c1-20-7-9-21(10-8-20)11-12-26-14-16(17(22)23)19-18(24)25-13-15-5-3-2-4-6-15/h2-6,16H,7-14H2,1H3,(H,19,24)(H,22,23). The molecule has 7 nitrogen and oxygen atoms in total. The van der Waals surface area contributed by atoms with Crippen molar-refractivity contribution >= 4 is 23.8 Å². The number of hydrogen-bond donors (Lipinski definition) is 2. The van der Waals surface area contributed by atoms with Crippen molar-refractivity contribution in [3.8, 4) is 0 Å². The third-order valence-electron chi connectivity index (χ3n) is 4.24. The van der Waals surface area contributed by atoms with Crippen LogP contribution in [0.3, 0.4) is 0 Å². The van der Waals surface area contributed by atoms with Crippen LogP contribution in [0.5, 0.6) is 0 Å². The number of hydrogen-bond acceptors (Lipinski definition) is 6. The molecule has 0 radical (unpaired) electrons. The first-order chi connectivity index (χ1) is 12.5. The Morgan fingerprint density at radius 2 is 1.92 bits per heavy atom. The zero-order valence-electron chi connectivity index (χ0n) is 15.1. The van der Waals surface area contributed by atoms with Crippen molar-refractivity contribution in [2.24, 2.45) is 0 Å².